The highest BCUT2D eigenvalue weighted by molar-refractivity contribution is 6.22. The maximum absolute atomic E-state index is 12.7. The predicted octanol–water partition coefficient (Wildman–Crippen LogP) is 5.81. The van der Waals surface area contributed by atoms with Crippen molar-refractivity contribution in [2.45, 2.75) is 55.4 Å². The predicted molar refractivity (Wildman–Crippen MR) is 117 cm³/mol. The lowest BCUT2D eigenvalue weighted by Gasteiger charge is -2.21. The highest BCUT2D eigenvalue weighted by Gasteiger charge is 2.25. The summed E-state index contributed by atoms with van der Waals surface area (Å²) in [7, 11) is 0. The molecule has 0 heterocycles. The zero-order valence-corrected chi connectivity index (χ0v) is 18.5. The second kappa shape index (κ2) is 8.81. The molecule has 0 aliphatic heterocycles. The van der Waals surface area contributed by atoms with Gasteiger partial charge in [-0.1, -0.05) is 55.4 Å². The van der Waals surface area contributed by atoms with Crippen LogP contribution in [0.15, 0.2) is 63.4 Å². The molecule has 0 aromatic heterocycles. The first kappa shape index (κ1) is 22.0. The van der Waals surface area contributed by atoms with Crippen LogP contribution in [0.3, 0.4) is 0 Å². The Bertz CT molecular complexity index is 721. The van der Waals surface area contributed by atoms with Gasteiger partial charge >= 0.3 is 0 Å². The van der Waals surface area contributed by atoms with Crippen LogP contribution < -0.4 is 0 Å². The smallest absolute Gasteiger partial charge is 0.185 e. The molecule has 150 valence electrons. The van der Waals surface area contributed by atoms with Crippen molar-refractivity contribution in [2.24, 2.45) is 28.7 Å². The number of nitrogens with zero attached hydrogens (tertiary/aromatic N) is 1. The largest absolute Gasteiger partial charge is 0.289 e. The number of rotatable bonds is 5. The van der Waals surface area contributed by atoms with E-state index in [1.807, 2.05) is 85.9 Å². The van der Waals surface area contributed by atoms with Gasteiger partial charge in [0.15, 0.2) is 11.6 Å². The summed E-state index contributed by atoms with van der Waals surface area (Å²) in [5.41, 5.74) is 4.98. The van der Waals surface area contributed by atoms with Crippen molar-refractivity contribution in [3.05, 3.63) is 58.4 Å². The second-order valence-electron chi connectivity index (χ2n) is 8.86. The molecule has 0 unspecified atom stereocenters. The van der Waals surface area contributed by atoms with Crippen molar-refractivity contribution < 1.29 is 9.59 Å². The Balaban J connectivity index is 2.51. The molecule has 0 radical (unpaired) electrons. The van der Waals surface area contributed by atoms with Crippen LogP contribution in [0.5, 0.6) is 0 Å². The third-order valence-corrected chi connectivity index (χ3v) is 5.15. The van der Waals surface area contributed by atoms with Crippen LogP contribution in [0.4, 0.5) is 0 Å². The van der Waals surface area contributed by atoms with Crippen LogP contribution in [0.1, 0.15) is 55.4 Å². The molecular formula is C25H33NO2. The van der Waals surface area contributed by atoms with Crippen molar-refractivity contribution in [1.82, 2.24) is 0 Å². The van der Waals surface area contributed by atoms with Gasteiger partial charge in [-0.3, -0.25) is 14.6 Å². The molecule has 3 nitrogen and oxygen atoms in total. The summed E-state index contributed by atoms with van der Waals surface area (Å²) >= 11 is 0. The van der Waals surface area contributed by atoms with E-state index >= 15 is 0 Å². The molecule has 0 saturated heterocycles. The quantitative estimate of drug-likeness (QED) is 0.566. The van der Waals surface area contributed by atoms with Gasteiger partial charge in [0.2, 0.25) is 0 Å². The first-order valence-electron chi connectivity index (χ1n) is 10.3. The van der Waals surface area contributed by atoms with Crippen molar-refractivity contribution in [3.63, 3.8) is 0 Å². The normalized spacial score (nSPS) is 18.0. The third-order valence-electron chi connectivity index (χ3n) is 5.15. The average molecular weight is 380 g/mol. The zero-order chi connectivity index (χ0) is 21.2. The molecule has 3 heteroatoms. The molecule has 2 aliphatic rings. The van der Waals surface area contributed by atoms with Crippen LogP contribution in [0, 0.1) is 23.7 Å². The Morgan fingerprint density at radius 3 is 1.25 bits per heavy atom. The lowest BCUT2D eigenvalue weighted by atomic mass is 9.83. The number of aliphatic imine (C=N–C) groups is 1. The maximum Gasteiger partial charge on any atom is 0.185 e. The van der Waals surface area contributed by atoms with Crippen LogP contribution >= 0.6 is 0 Å². The molecule has 2 rings (SSSR count). The van der Waals surface area contributed by atoms with E-state index in [2.05, 4.69) is 4.99 Å². The number of Topliss-reactive ketones (excluding diaryl/α,β-unsaturated/α-hetero) is 2. The number of carbonyl (C=O) groups excluding carboxylic acids is 2. The lowest BCUT2D eigenvalue weighted by Crippen LogP contribution is -2.20. The van der Waals surface area contributed by atoms with E-state index in [0.29, 0.717) is 0 Å². The standard InChI is InChI=1S/C25H33NO2/c1-14(2)20-9-18(10-21(15(3)4)24(20)27)13-26-19-11-22(16(5)6)25(28)23(12-19)17(7)8/h9-17H,1-8H3. The Kier molecular flexibility index (Phi) is 6.92. The summed E-state index contributed by atoms with van der Waals surface area (Å²) in [6.45, 7) is 16.3. The summed E-state index contributed by atoms with van der Waals surface area (Å²) in [4.78, 5) is 30.0. The van der Waals surface area contributed by atoms with Gasteiger partial charge in [-0.2, -0.15) is 0 Å². The highest BCUT2D eigenvalue weighted by Crippen LogP contribution is 2.29. The number of carbonyl (C=O) groups is 2. The molecule has 28 heavy (non-hydrogen) atoms. The number of allylic oxidation sites excluding steroid dienone is 9. The minimum absolute atomic E-state index is 0.129. The summed E-state index contributed by atoms with van der Waals surface area (Å²) in [6, 6.07) is 0. The molecule has 0 spiro atoms. The van der Waals surface area contributed by atoms with Crippen molar-refractivity contribution in [1.29, 1.82) is 0 Å². The van der Waals surface area contributed by atoms with Gasteiger partial charge in [-0.15, -0.1) is 0 Å². The van der Waals surface area contributed by atoms with Gasteiger partial charge < -0.3 is 0 Å². The topological polar surface area (TPSA) is 46.5 Å². The molecule has 2 aliphatic carbocycles. The maximum atomic E-state index is 12.7. The molecule has 0 saturated carbocycles. The summed E-state index contributed by atoms with van der Waals surface area (Å²) in [5, 5.41) is 0. The zero-order valence-electron chi connectivity index (χ0n) is 18.5. The molecule has 0 aromatic rings. The van der Waals surface area contributed by atoms with E-state index in [0.717, 1.165) is 33.6 Å². The minimum atomic E-state index is 0.129. The summed E-state index contributed by atoms with van der Waals surface area (Å²) < 4.78 is 0. The number of hydrogen-bond acceptors (Lipinski definition) is 3. The molecule has 0 fully saturated rings. The number of ketones is 2. The van der Waals surface area contributed by atoms with Crippen LogP contribution in [-0.2, 0) is 9.59 Å². The third kappa shape index (κ3) is 4.76. The first-order valence-corrected chi connectivity index (χ1v) is 10.3. The van der Waals surface area contributed by atoms with E-state index < -0.39 is 0 Å². The van der Waals surface area contributed by atoms with Crippen molar-refractivity contribution in [3.8, 4) is 0 Å². The molecular weight excluding hydrogens is 346 g/mol. The molecule has 0 N–H and O–H groups in total. The van der Waals surface area contributed by atoms with Gasteiger partial charge in [0.25, 0.3) is 0 Å². The second-order valence-corrected chi connectivity index (χ2v) is 8.86. The van der Waals surface area contributed by atoms with Crippen molar-refractivity contribution in [2.75, 3.05) is 0 Å². The fourth-order valence-electron chi connectivity index (χ4n) is 3.37. The minimum Gasteiger partial charge on any atom is -0.289 e. The fourth-order valence-corrected chi connectivity index (χ4v) is 3.37. The summed E-state index contributed by atoms with van der Waals surface area (Å²) in [6.07, 6.45) is 9.48. The van der Waals surface area contributed by atoms with Gasteiger partial charge in [-0.05, 0) is 53.5 Å². The van der Waals surface area contributed by atoms with E-state index in [9.17, 15) is 9.59 Å². The van der Waals surface area contributed by atoms with E-state index in [-0.39, 0.29) is 35.2 Å². The monoisotopic (exact) mass is 379 g/mol. The highest BCUT2D eigenvalue weighted by atomic mass is 16.1. The van der Waals surface area contributed by atoms with E-state index in [4.69, 9.17) is 0 Å². The fraction of sp³-hybridized carbons (Fsp3) is 0.480. The summed E-state index contributed by atoms with van der Waals surface area (Å²) in [5.74, 6) is 0.905. The molecule has 0 atom stereocenters. The van der Waals surface area contributed by atoms with E-state index in [1.165, 1.54) is 0 Å². The van der Waals surface area contributed by atoms with E-state index in [1.54, 1.807) is 0 Å². The molecule has 0 bridgehead atoms. The molecule has 0 aromatic carbocycles. The van der Waals surface area contributed by atoms with Gasteiger partial charge in [-0.25, -0.2) is 0 Å². The lowest BCUT2D eigenvalue weighted by molar-refractivity contribution is -0.113. The Morgan fingerprint density at radius 2 is 0.929 bits per heavy atom. The Hall–Kier alpha value is -2.29. The first-order chi connectivity index (χ1) is 13.0. The Labute approximate surface area is 169 Å². The SMILES string of the molecule is CC(C)C1=CC(=CN=C2C=C(C(C)C)C(=O)C(C(C)C)=C2)C=C(C(C)C)C1=O. The van der Waals surface area contributed by atoms with Gasteiger partial charge in [0, 0.05) is 28.5 Å². The Morgan fingerprint density at radius 1 is 0.607 bits per heavy atom. The van der Waals surface area contributed by atoms with Crippen LogP contribution in [-0.4, -0.2) is 17.3 Å². The van der Waals surface area contributed by atoms with Crippen LogP contribution in [0.25, 0.3) is 0 Å². The molecule has 0 amide bonds. The van der Waals surface area contributed by atoms with Crippen LogP contribution in [0.2, 0.25) is 0 Å². The average Bonchev–Trinajstić information content (AvgIpc) is 2.60. The van der Waals surface area contributed by atoms with Gasteiger partial charge in [0.05, 0.1) is 5.71 Å². The van der Waals surface area contributed by atoms with Gasteiger partial charge in [0.1, 0.15) is 0 Å². The van der Waals surface area contributed by atoms with Crippen molar-refractivity contribution >= 4 is 17.3 Å². The number of hydrogen-bond donors (Lipinski definition) is 0.